The van der Waals surface area contributed by atoms with Gasteiger partial charge in [-0.1, -0.05) is 37.3 Å². The predicted octanol–water partition coefficient (Wildman–Crippen LogP) is 3.14. The van der Waals surface area contributed by atoms with E-state index in [2.05, 4.69) is 36.1 Å². The van der Waals surface area contributed by atoms with Gasteiger partial charge in [-0.3, -0.25) is 4.79 Å². The molecule has 0 bridgehead atoms. The molecule has 0 N–H and O–H groups in total. The lowest BCUT2D eigenvalue weighted by Gasteiger charge is -2.42. The molecule has 1 saturated carbocycles. The van der Waals surface area contributed by atoms with Gasteiger partial charge in [-0.25, -0.2) is 0 Å². The van der Waals surface area contributed by atoms with Crippen LogP contribution in [0.2, 0.25) is 0 Å². The van der Waals surface area contributed by atoms with Crippen LogP contribution in [0.1, 0.15) is 31.7 Å². The average molecular weight is 301 g/mol. The summed E-state index contributed by atoms with van der Waals surface area (Å²) in [6, 6.07) is 10.5. The molecule has 1 aliphatic heterocycles. The zero-order chi connectivity index (χ0) is 15.5. The summed E-state index contributed by atoms with van der Waals surface area (Å²) in [5.41, 5.74) is 1.33. The van der Waals surface area contributed by atoms with Gasteiger partial charge < -0.3 is 9.64 Å². The number of rotatable bonds is 4. The number of ether oxygens (including phenoxy) is 1. The van der Waals surface area contributed by atoms with Crippen LogP contribution in [0.5, 0.6) is 0 Å². The van der Waals surface area contributed by atoms with E-state index in [1.54, 1.807) is 7.11 Å². The van der Waals surface area contributed by atoms with Crippen LogP contribution in [0.15, 0.2) is 30.3 Å². The number of carbonyl (C=O) groups excluding carboxylic acids is 1. The highest BCUT2D eigenvalue weighted by atomic mass is 16.5. The lowest BCUT2D eigenvalue weighted by atomic mass is 9.75. The minimum Gasteiger partial charge on any atom is -0.381 e. The van der Waals surface area contributed by atoms with Crippen molar-refractivity contribution in [3.63, 3.8) is 0 Å². The first-order valence-corrected chi connectivity index (χ1v) is 8.53. The van der Waals surface area contributed by atoms with Crippen LogP contribution in [0, 0.1) is 17.8 Å². The van der Waals surface area contributed by atoms with Crippen molar-refractivity contribution in [2.75, 3.05) is 20.2 Å². The van der Waals surface area contributed by atoms with Gasteiger partial charge in [-0.15, -0.1) is 0 Å². The fourth-order valence-corrected chi connectivity index (χ4v) is 4.00. The van der Waals surface area contributed by atoms with Gasteiger partial charge in [0.15, 0.2) is 0 Å². The van der Waals surface area contributed by atoms with Gasteiger partial charge in [0, 0.05) is 32.0 Å². The van der Waals surface area contributed by atoms with Crippen molar-refractivity contribution in [3.05, 3.63) is 35.9 Å². The summed E-state index contributed by atoms with van der Waals surface area (Å²) in [4.78, 5) is 14.7. The third kappa shape index (κ3) is 3.35. The first-order valence-electron chi connectivity index (χ1n) is 8.53. The molecule has 0 unspecified atom stereocenters. The molecular formula is C19H27NO2. The Labute approximate surface area is 133 Å². The van der Waals surface area contributed by atoms with Gasteiger partial charge >= 0.3 is 0 Å². The summed E-state index contributed by atoms with van der Waals surface area (Å²) in [6.07, 6.45) is 4.37. The third-order valence-corrected chi connectivity index (χ3v) is 5.34. The number of methoxy groups -OCH3 is 1. The van der Waals surface area contributed by atoms with E-state index in [0.717, 1.165) is 44.7 Å². The maximum Gasteiger partial charge on any atom is 0.225 e. The van der Waals surface area contributed by atoms with E-state index >= 15 is 0 Å². The molecule has 2 fully saturated rings. The number of nitrogens with zero attached hydrogens (tertiary/aromatic N) is 1. The Morgan fingerprint density at radius 1 is 1.27 bits per heavy atom. The smallest absolute Gasteiger partial charge is 0.225 e. The number of likely N-dealkylation sites (tertiary alicyclic amines) is 1. The molecule has 2 atom stereocenters. The molecular weight excluding hydrogens is 274 g/mol. The summed E-state index contributed by atoms with van der Waals surface area (Å²) in [5, 5.41) is 0. The first kappa shape index (κ1) is 15.5. The second-order valence-corrected chi connectivity index (χ2v) is 7.07. The lowest BCUT2D eigenvalue weighted by Crippen LogP contribution is -2.50. The second kappa shape index (κ2) is 6.82. The van der Waals surface area contributed by atoms with Crippen LogP contribution in [0.3, 0.4) is 0 Å². The monoisotopic (exact) mass is 301 g/mol. The highest BCUT2D eigenvalue weighted by Crippen LogP contribution is 2.35. The van der Waals surface area contributed by atoms with Crippen molar-refractivity contribution >= 4 is 5.91 Å². The highest BCUT2D eigenvalue weighted by Gasteiger charge is 2.38. The molecule has 0 aromatic heterocycles. The SMILES string of the molecule is CO[C@@H]1CCN(C(=O)C2CC(C)C2)C[C@H]1Cc1ccccc1. The Bertz CT molecular complexity index is 495. The van der Waals surface area contributed by atoms with Crippen molar-refractivity contribution < 1.29 is 9.53 Å². The van der Waals surface area contributed by atoms with Gasteiger partial charge in [0.05, 0.1) is 6.10 Å². The van der Waals surface area contributed by atoms with Crippen molar-refractivity contribution in [1.82, 2.24) is 4.90 Å². The molecule has 1 amide bonds. The molecule has 2 aliphatic rings. The molecule has 3 nitrogen and oxygen atoms in total. The average Bonchev–Trinajstić information content (AvgIpc) is 2.52. The van der Waals surface area contributed by atoms with E-state index in [-0.39, 0.29) is 12.0 Å². The van der Waals surface area contributed by atoms with Crippen LogP contribution < -0.4 is 0 Å². The number of benzene rings is 1. The van der Waals surface area contributed by atoms with E-state index < -0.39 is 0 Å². The highest BCUT2D eigenvalue weighted by molar-refractivity contribution is 5.79. The molecule has 1 heterocycles. The molecule has 1 aromatic carbocycles. The minimum atomic E-state index is 0.268. The molecule has 3 rings (SSSR count). The van der Waals surface area contributed by atoms with E-state index in [4.69, 9.17) is 4.74 Å². The fraction of sp³-hybridized carbons (Fsp3) is 0.632. The number of piperidine rings is 1. The van der Waals surface area contributed by atoms with Crippen molar-refractivity contribution in [3.8, 4) is 0 Å². The van der Waals surface area contributed by atoms with Gasteiger partial charge in [0.25, 0.3) is 0 Å². The zero-order valence-electron chi connectivity index (χ0n) is 13.7. The molecule has 0 radical (unpaired) electrons. The summed E-state index contributed by atoms with van der Waals surface area (Å²) >= 11 is 0. The van der Waals surface area contributed by atoms with Crippen LogP contribution in [0.25, 0.3) is 0 Å². The van der Waals surface area contributed by atoms with Gasteiger partial charge in [0.2, 0.25) is 5.91 Å². The number of hydrogen-bond acceptors (Lipinski definition) is 2. The van der Waals surface area contributed by atoms with Crippen molar-refractivity contribution in [1.29, 1.82) is 0 Å². The van der Waals surface area contributed by atoms with Crippen LogP contribution >= 0.6 is 0 Å². The summed E-state index contributed by atoms with van der Waals surface area (Å²) in [5.74, 6) is 1.80. The fourth-order valence-electron chi connectivity index (χ4n) is 4.00. The van der Waals surface area contributed by atoms with Crippen LogP contribution in [-0.4, -0.2) is 37.1 Å². The van der Waals surface area contributed by atoms with Crippen LogP contribution in [-0.2, 0) is 16.0 Å². The summed E-state index contributed by atoms with van der Waals surface area (Å²) in [7, 11) is 1.80. The number of carbonyl (C=O) groups is 1. The zero-order valence-corrected chi connectivity index (χ0v) is 13.7. The Hall–Kier alpha value is -1.35. The topological polar surface area (TPSA) is 29.5 Å². The molecule has 3 heteroatoms. The molecule has 1 saturated heterocycles. The van der Waals surface area contributed by atoms with Gasteiger partial charge in [-0.05, 0) is 37.2 Å². The Balaban J connectivity index is 1.63. The molecule has 1 aliphatic carbocycles. The summed E-state index contributed by atoms with van der Waals surface area (Å²) in [6.45, 7) is 3.93. The first-order chi connectivity index (χ1) is 10.7. The third-order valence-electron chi connectivity index (χ3n) is 5.34. The van der Waals surface area contributed by atoms with E-state index in [1.165, 1.54) is 5.56 Å². The largest absolute Gasteiger partial charge is 0.381 e. The molecule has 0 spiro atoms. The maximum absolute atomic E-state index is 12.6. The Kier molecular flexibility index (Phi) is 4.82. The Morgan fingerprint density at radius 3 is 2.64 bits per heavy atom. The molecule has 22 heavy (non-hydrogen) atoms. The van der Waals surface area contributed by atoms with E-state index in [1.807, 2.05) is 6.07 Å². The molecule has 1 aromatic rings. The van der Waals surface area contributed by atoms with E-state index in [9.17, 15) is 4.79 Å². The number of hydrogen-bond donors (Lipinski definition) is 0. The second-order valence-electron chi connectivity index (χ2n) is 7.07. The van der Waals surface area contributed by atoms with Crippen molar-refractivity contribution in [2.45, 2.75) is 38.7 Å². The normalized spacial score (nSPS) is 31.6. The maximum atomic E-state index is 12.6. The number of amides is 1. The van der Waals surface area contributed by atoms with Gasteiger partial charge in [-0.2, -0.15) is 0 Å². The van der Waals surface area contributed by atoms with Crippen LogP contribution in [0.4, 0.5) is 0 Å². The lowest BCUT2D eigenvalue weighted by molar-refractivity contribution is -0.144. The molecule has 120 valence electrons. The summed E-state index contributed by atoms with van der Waals surface area (Å²) < 4.78 is 5.68. The predicted molar refractivity (Wildman–Crippen MR) is 87.5 cm³/mol. The van der Waals surface area contributed by atoms with Crippen molar-refractivity contribution in [2.24, 2.45) is 17.8 Å². The van der Waals surface area contributed by atoms with Gasteiger partial charge in [0.1, 0.15) is 0 Å². The van der Waals surface area contributed by atoms with E-state index in [0.29, 0.717) is 11.8 Å². The standard InChI is InChI=1S/C19H27NO2/c1-14-10-16(11-14)19(21)20-9-8-18(22-2)17(13-20)12-15-6-4-3-5-7-15/h3-7,14,16-18H,8-13H2,1-2H3/t14?,16?,17-,18-/m1/s1. The Morgan fingerprint density at radius 2 is 2.00 bits per heavy atom. The quantitative estimate of drug-likeness (QED) is 0.855. The minimum absolute atomic E-state index is 0.268.